The van der Waals surface area contributed by atoms with Crippen LogP contribution in [0.5, 0.6) is 0 Å². The van der Waals surface area contributed by atoms with Crippen molar-refractivity contribution >= 4 is 39.9 Å². The van der Waals surface area contributed by atoms with Crippen LogP contribution >= 0.6 is 39.9 Å². The van der Waals surface area contributed by atoms with E-state index in [4.69, 9.17) is 11.6 Å². The van der Waals surface area contributed by atoms with E-state index in [1.807, 2.05) is 0 Å². The van der Waals surface area contributed by atoms with Crippen LogP contribution in [-0.4, -0.2) is 23.0 Å². The van der Waals surface area contributed by atoms with E-state index < -0.39 is 11.2 Å². The van der Waals surface area contributed by atoms with E-state index in [1.54, 1.807) is 13.8 Å². The average molecular weight is 311 g/mol. The van der Waals surface area contributed by atoms with Gasteiger partial charge in [-0.1, -0.05) is 36.6 Å². The fraction of sp³-hybridized carbons (Fsp3) is 1.00. The number of halogens is 3. The quantitative estimate of drug-likeness (QED) is 0.309. The number of hydrogen-bond acceptors (Lipinski definition) is 3. The normalized spacial score (nSPS) is 13.1. The van der Waals surface area contributed by atoms with Crippen molar-refractivity contribution in [1.82, 2.24) is 0 Å². The second-order valence-corrected chi connectivity index (χ2v) is 12.2. The van der Waals surface area contributed by atoms with Crippen LogP contribution < -0.4 is 0 Å². The van der Waals surface area contributed by atoms with Gasteiger partial charge in [0.25, 0.3) is 5.55 Å². The Morgan fingerprint density at radius 3 is 2.06 bits per heavy atom. The number of alkyl halides is 3. The van der Waals surface area contributed by atoms with Crippen molar-refractivity contribution < 1.29 is 13.3 Å². The maximum Gasteiger partial charge on any atom is 0.316 e. The molecule has 0 aromatic carbocycles. The molecule has 16 heavy (non-hydrogen) atoms. The molecule has 7 heteroatoms. The minimum Gasteiger partial charge on any atom is -0.294 e. The highest BCUT2D eigenvalue weighted by Gasteiger charge is 2.49. The summed E-state index contributed by atoms with van der Waals surface area (Å²) in [4.78, 5) is 0. The van der Waals surface area contributed by atoms with Gasteiger partial charge >= 0.3 is 5.66 Å². The minimum atomic E-state index is -3.51. The molecule has 0 unspecified atom stereocenters. The van der Waals surface area contributed by atoms with Crippen LogP contribution in [-0.2, 0) is 4.57 Å². The van der Waals surface area contributed by atoms with E-state index in [9.17, 15) is 13.3 Å². The van der Waals surface area contributed by atoms with E-state index in [1.165, 1.54) is 0 Å². The summed E-state index contributed by atoms with van der Waals surface area (Å²) in [7, 11) is 0. The van der Waals surface area contributed by atoms with Gasteiger partial charge in [-0.15, -0.1) is 11.6 Å². The van der Waals surface area contributed by atoms with Gasteiger partial charge in [-0.25, -0.2) is 0 Å². The molecule has 0 atom stereocenters. The molecule has 0 amide bonds. The molecule has 0 N–H and O–H groups in total. The van der Waals surface area contributed by atoms with E-state index in [0.29, 0.717) is 30.2 Å². The van der Waals surface area contributed by atoms with Crippen LogP contribution in [0.25, 0.3) is 0 Å². The Labute approximate surface area is 109 Å². The summed E-state index contributed by atoms with van der Waals surface area (Å²) in [5.41, 5.74) is -6.57. The molecule has 0 bridgehead atoms. The summed E-state index contributed by atoms with van der Waals surface area (Å²) in [5, 5.41) is 0. The molecular weight excluding hydrogens is 293 g/mol. The van der Waals surface area contributed by atoms with Crippen molar-refractivity contribution in [3.63, 3.8) is 0 Å². The van der Waals surface area contributed by atoms with Crippen molar-refractivity contribution in [3.8, 4) is 0 Å². The lowest BCUT2D eigenvalue weighted by Gasteiger charge is -2.25. The van der Waals surface area contributed by atoms with Crippen molar-refractivity contribution in [2.45, 2.75) is 38.8 Å². The largest absolute Gasteiger partial charge is 0.316 e. The summed E-state index contributed by atoms with van der Waals surface area (Å²) in [6.45, 7) is 3.50. The molecule has 0 aliphatic carbocycles. The van der Waals surface area contributed by atoms with Crippen molar-refractivity contribution in [2.24, 2.45) is 0 Å². The summed E-state index contributed by atoms with van der Waals surface area (Å²) in [6, 6.07) is 0. The molecule has 0 heterocycles. The third-order valence-electron chi connectivity index (χ3n) is 1.86. The number of unbranched alkanes of at least 4 members (excludes halogenated alkanes) is 1. The van der Waals surface area contributed by atoms with Gasteiger partial charge in [-0.05, 0) is 24.3 Å². The molecule has 0 aromatic heterocycles. The molecule has 0 aliphatic rings. The van der Waals surface area contributed by atoms with Crippen LogP contribution in [0.15, 0.2) is 0 Å². The van der Waals surface area contributed by atoms with Crippen molar-refractivity contribution in [1.29, 1.82) is 0 Å². The van der Waals surface area contributed by atoms with Gasteiger partial charge in [-0.2, -0.15) is 8.78 Å². The molecule has 0 spiro atoms. The molecule has 0 fully saturated rings. The molecule has 0 saturated carbocycles. The van der Waals surface area contributed by atoms with Crippen LogP contribution in [0.1, 0.15) is 33.1 Å². The van der Waals surface area contributed by atoms with Gasteiger partial charge in [0.2, 0.25) is 0 Å². The van der Waals surface area contributed by atoms with Gasteiger partial charge < -0.3 is 0 Å². The Morgan fingerprint density at radius 2 is 1.69 bits per heavy atom. The van der Waals surface area contributed by atoms with Gasteiger partial charge in [0, 0.05) is 12.3 Å². The zero-order valence-corrected chi connectivity index (χ0v) is 12.8. The smallest absolute Gasteiger partial charge is 0.294 e. The van der Waals surface area contributed by atoms with Crippen molar-refractivity contribution in [2.75, 3.05) is 17.4 Å². The van der Waals surface area contributed by atoms with E-state index >= 15 is 0 Å². The predicted molar refractivity (Wildman–Crippen MR) is 73.4 cm³/mol. The van der Waals surface area contributed by atoms with Crippen LogP contribution in [0, 0.1) is 0 Å². The fourth-order valence-electron chi connectivity index (χ4n) is 1.14. The molecule has 0 rings (SSSR count). The predicted octanol–water partition coefficient (Wildman–Crippen LogP) is 5.69. The standard InChI is InChI=1S/C9H18ClF2OPS2/c1-3-15-14(13,16-4-2)9(11,12)7-5-6-8-10/h3-8H2,1-2H3. The fourth-order valence-corrected chi connectivity index (χ4v) is 9.40. The zero-order chi connectivity index (χ0) is 12.7. The summed E-state index contributed by atoms with van der Waals surface area (Å²) in [5.74, 6) is 1.28. The Morgan fingerprint density at radius 1 is 1.19 bits per heavy atom. The average Bonchev–Trinajstić information content (AvgIpc) is 2.18. The maximum absolute atomic E-state index is 13.8. The molecular formula is C9H18ClF2OPS2. The highest BCUT2D eigenvalue weighted by molar-refractivity contribution is 8.90. The Balaban J connectivity index is 4.54. The lowest BCUT2D eigenvalue weighted by atomic mass is 10.2. The Bertz CT molecular complexity index is 232. The molecule has 0 aliphatic heterocycles. The van der Waals surface area contributed by atoms with Gasteiger partial charge in [-0.3, -0.25) is 4.57 Å². The number of rotatable bonds is 9. The third kappa shape index (κ3) is 5.16. The van der Waals surface area contributed by atoms with Crippen molar-refractivity contribution in [3.05, 3.63) is 0 Å². The van der Waals surface area contributed by atoms with Gasteiger partial charge in [0.15, 0.2) is 0 Å². The first-order valence-corrected chi connectivity index (χ1v) is 10.7. The first kappa shape index (κ1) is 17.1. The minimum absolute atomic E-state index is 0.322. The first-order chi connectivity index (χ1) is 7.43. The van der Waals surface area contributed by atoms with Crippen LogP contribution in [0.3, 0.4) is 0 Å². The van der Waals surface area contributed by atoms with Gasteiger partial charge in [0.05, 0.1) is 0 Å². The second kappa shape index (κ2) is 8.23. The molecule has 98 valence electrons. The maximum atomic E-state index is 13.8. The summed E-state index contributed by atoms with van der Waals surface area (Å²) >= 11 is 7.25. The lowest BCUT2D eigenvalue weighted by Crippen LogP contribution is -2.13. The highest BCUT2D eigenvalue weighted by Crippen LogP contribution is 2.78. The summed E-state index contributed by atoms with van der Waals surface area (Å²) < 4.78 is 39.8. The van der Waals surface area contributed by atoms with Crippen LogP contribution in [0.4, 0.5) is 8.78 Å². The van der Waals surface area contributed by atoms with E-state index in [2.05, 4.69) is 0 Å². The SMILES string of the molecule is CCSP(=O)(SCC)C(F)(F)CCCCCl. The Kier molecular flexibility index (Phi) is 8.78. The molecule has 0 radical (unpaired) electrons. The second-order valence-electron chi connectivity index (χ2n) is 3.14. The van der Waals surface area contributed by atoms with Gasteiger partial charge in [0.1, 0.15) is 0 Å². The third-order valence-corrected chi connectivity index (χ3v) is 11.4. The van der Waals surface area contributed by atoms with E-state index in [0.717, 1.165) is 22.8 Å². The lowest BCUT2D eigenvalue weighted by molar-refractivity contribution is 0.0830. The molecule has 1 nitrogen and oxygen atoms in total. The molecule has 0 saturated heterocycles. The highest BCUT2D eigenvalue weighted by atomic mass is 35.5. The monoisotopic (exact) mass is 310 g/mol. The Hall–Kier alpha value is 1.08. The topological polar surface area (TPSA) is 17.1 Å². The summed E-state index contributed by atoms with van der Waals surface area (Å²) in [6.07, 6.45) is 0.552. The molecule has 0 aromatic rings. The van der Waals surface area contributed by atoms with E-state index in [-0.39, 0.29) is 6.42 Å². The zero-order valence-electron chi connectivity index (χ0n) is 9.55. The number of hydrogen-bond donors (Lipinski definition) is 0. The first-order valence-electron chi connectivity index (χ1n) is 5.26. The van der Waals surface area contributed by atoms with Crippen LogP contribution in [0.2, 0.25) is 0 Å².